The Labute approximate surface area is 270 Å². The van der Waals surface area contributed by atoms with Crippen LogP contribution in [0.4, 0.5) is 23.2 Å². The predicted octanol–water partition coefficient (Wildman–Crippen LogP) is 9.33. The molecule has 0 bridgehead atoms. The lowest BCUT2D eigenvalue weighted by Gasteiger charge is -2.30. The maximum Gasteiger partial charge on any atom is 0.251 e. The Balaban J connectivity index is 1.44. The predicted molar refractivity (Wildman–Crippen MR) is 177 cm³/mol. The number of benzene rings is 3. The molecule has 0 radical (unpaired) electrons. The zero-order chi connectivity index (χ0) is 32.8. The smallest absolute Gasteiger partial charge is 0.251 e. The van der Waals surface area contributed by atoms with Crippen molar-refractivity contribution < 1.29 is 22.3 Å². The average molecular weight is 637 g/mol. The minimum absolute atomic E-state index is 0.122. The fourth-order valence-corrected chi connectivity index (χ4v) is 7.03. The molecule has 2 aliphatic carbocycles. The van der Waals surface area contributed by atoms with Crippen LogP contribution in [0.25, 0.3) is 28.0 Å². The van der Waals surface area contributed by atoms with Crippen LogP contribution >= 0.6 is 0 Å². The zero-order valence-electron chi connectivity index (χ0n) is 26.0. The van der Waals surface area contributed by atoms with Crippen molar-refractivity contribution in [3.8, 4) is 11.1 Å². The van der Waals surface area contributed by atoms with Gasteiger partial charge in [-0.2, -0.15) is 0 Å². The molecule has 1 N–H and O–H groups in total. The van der Waals surface area contributed by atoms with Crippen molar-refractivity contribution in [2.45, 2.75) is 38.5 Å². The number of aromatic nitrogens is 1. The molecule has 0 unspecified atom stereocenters. The van der Waals surface area contributed by atoms with Crippen LogP contribution in [0.15, 0.2) is 101 Å². The topological polar surface area (TPSA) is 43.3 Å². The van der Waals surface area contributed by atoms with E-state index in [2.05, 4.69) is 5.32 Å². The Morgan fingerprint density at radius 1 is 0.809 bits per heavy atom. The lowest BCUT2D eigenvalue weighted by molar-refractivity contribution is 0.360. The standard InChI is InChI=1S/C39H32F4N2O2/c1-44-37-35(42)33(40)32(34(41)36(37)43)30-20-28(22-11-5-3-6-12-22)27-18-10-16-25(39(27)47-30)19-24-15-9-17-26-29(23-13-7-4-8-14-23)21-31(46)45(2)38(24)26/h3-8,11-14,19-21,44H,9-10,15-18H2,1-2H3/b24-19+. The number of hydrogen-bond donors (Lipinski definition) is 1. The van der Waals surface area contributed by atoms with Crippen LogP contribution < -0.4 is 10.9 Å². The molecule has 4 nitrogen and oxygen atoms in total. The summed E-state index contributed by atoms with van der Waals surface area (Å²) in [6.07, 6.45) is 7.92. The van der Waals surface area contributed by atoms with E-state index < -0.39 is 34.5 Å². The van der Waals surface area contributed by atoms with Gasteiger partial charge in [0.25, 0.3) is 5.56 Å². The second-order valence-corrected chi connectivity index (χ2v) is 12.0. The second kappa shape index (κ2) is 12.2. The van der Waals surface area contributed by atoms with Crippen LogP contribution in [-0.4, -0.2) is 11.6 Å². The molecule has 1 aliphatic heterocycles. The van der Waals surface area contributed by atoms with Gasteiger partial charge < -0.3 is 14.6 Å². The third-order valence-corrected chi connectivity index (χ3v) is 9.25. The molecule has 0 amide bonds. The molecule has 0 saturated carbocycles. The summed E-state index contributed by atoms with van der Waals surface area (Å²) in [7, 11) is 2.96. The first-order valence-electron chi connectivity index (χ1n) is 15.7. The number of nitrogens with zero attached hydrogens (tertiary/aromatic N) is 1. The van der Waals surface area contributed by atoms with Crippen molar-refractivity contribution in [1.29, 1.82) is 0 Å². The lowest BCUT2D eigenvalue weighted by Crippen LogP contribution is -2.24. The van der Waals surface area contributed by atoms with Gasteiger partial charge in [0, 0.05) is 25.7 Å². The van der Waals surface area contributed by atoms with E-state index in [0.29, 0.717) is 30.6 Å². The fourth-order valence-electron chi connectivity index (χ4n) is 7.03. The summed E-state index contributed by atoms with van der Waals surface area (Å²) in [5, 5.41) is 2.20. The van der Waals surface area contributed by atoms with Gasteiger partial charge in [0.2, 0.25) is 0 Å². The van der Waals surface area contributed by atoms with Crippen molar-refractivity contribution in [3.05, 3.63) is 152 Å². The highest BCUT2D eigenvalue weighted by Crippen LogP contribution is 2.46. The first-order chi connectivity index (χ1) is 22.8. The van der Waals surface area contributed by atoms with Crippen molar-refractivity contribution in [2.75, 3.05) is 12.4 Å². The van der Waals surface area contributed by atoms with E-state index in [1.165, 1.54) is 13.1 Å². The van der Waals surface area contributed by atoms with Crippen LogP contribution in [-0.2, 0) is 18.2 Å². The summed E-state index contributed by atoms with van der Waals surface area (Å²) in [6, 6.07) is 20.9. The first kappa shape index (κ1) is 30.5. The second-order valence-electron chi connectivity index (χ2n) is 12.0. The van der Waals surface area contributed by atoms with E-state index in [1.807, 2.05) is 66.7 Å². The van der Waals surface area contributed by atoms with Crippen molar-refractivity contribution >= 4 is 22.6 Å². The van der Waals surface area contributed by atoms with E-state index >= 15 is 8.78 Å². The maximum absolute atomic E-state index is 15.5. The molecule has 238 valence electrons. The van der Waals surface area contributed by atoms with Crippen LogP contribution in [0, 0.1) is 23.3 Å². The highest BCUT2D eigenvalue weighted by atomic mass is 19.2. The molecular weight excluding hydrogens is 604 g/mol. The first-order valence-corrected chi connectivity index (χ1v) is 15.7. The molecule has 0 spiro atoms. The summed E-state index contributed by atoms with van der Waals surface area (Å²) >= 11 is 0. The van der Waals surface area contributed by atoms with E-state index in [-0.39, 0.29) is 11.3 Å². The third kappa shape index (κ3) is 5.22. The number of halogens is 4. The largest absolute Gasteiger partial charge is 0.456 e. The molecule has 8 heteroatoms. The third-order valence-electron chi connectivity index (χ3n) is 9.25. The molecule has 0 atom stereocenters. The molecule has 2 heterocycles. The molecule has 0 fully saturated rings. The summed E-state index contributed by atoms with van der Waals surface area (Å²) in [6.45, 7) is 0. The number of pyridine rings is 1. The molecule has 3 aliphatic rings. The van der Waals surface area contributed by atoms with E-state index in [4.69, 9.17) is 4.74 Å². The van der Waals surface area contributed by atoms with Gasteiger partial charge in [-0.1, -0.05) is 66.7 Å². The number of ether oxygens (including phenoxy) is 1. The number of anilines is 1. The number of allylic oxidation sites excluding steroid dienone is 6. The minimum Gasteiger partial charge on any atom is -0.456 e. The Kier molecular flexibility index (Phi) is 7.96. The van der Waals surface area contributed by atoms with Crippen LogP contribution in [0.1, 0.15) is 54.5 Å². The molecule has 0 saturated heterocycles. The van der Waals surface area contributed by atoms with Gasteiger partial charge in [0.05, 0.1) is 11.3 Å². The number of hydrogen-bond acceptors (Lipinski definition) is 3. The number of nitrogens with one attached hydrogen (secondary N) is 1. The van der Waals surface area contributed by atoms with E-state index in [9.17, 15) is 13.6 Å². The quantitative estimate of drug-likeness (QED) is 0.175. The highest BCUT2D eigenvalue weighted by molar-refractivity contribution is 5.89. The monoisotopic (exact) mass is 636 g/mol. The summed E-state index contributed by atoms with van der Waals surface area (Å²) in [5.74, 6) is -6.06. The summed E-state index contributed by atoms with van der Waals surface area (Å²) in [5.41, 5.74) is 5.93. The van der Waals surface area contributed by atoms with Crippen LogP contribution in [0.5, 0.6) is 0 Å². The molecule has 1 aromatic heterocycles. The van der Waals surface area contributed by atoms with E-state index in [1.54, 1.807) is 17.7 Å². The summed E-state index contributed by atoms with van der Waals surface area (Å²) in [4.78, 5) is 13.3. The Bertz CT molecular complexity index is 2080. The molecule has 3 aromatic carbocycles. The Hall–Kier alpha value is -5.11. The minimum atomic E-state index is -1.55. The lowest BCUT2D eigenvalue weighted by atomic mass is 9.82. The van der Waals surface area contributed by atoms with Crippen LogP contribution in [0.3, 0.4) is 0 Å². The van der Waals surface area contributed by atoms with Gasteiger partial charge in [0.15, 0.2) is 23.3 Å². The number of fused-ring (bicyclic) bond motifs is 2. The molecule has 47 heavy (non-hydrogen) atoms. The molecular formula is C39H32F4N2O2. The average Bonchev–Trinajstić information content (AvgIpc) is 3.10. The fraction of sp³-hybridized carbons (Fsp3) is 0.205. The van der Waals surface area contributed by atoms with Gasteiger partial charge in [-0.05, 0) is 83.6 Å². The Morgan fingerprint density at radius 3 is 2.11 bits per heavy atom. The molecule has 4 aromatic rings. The van der Waals surface area contributed by atoms with Gasteiger partial charge in [-0.25, -0.2) is 17.6 Å². The number of rotatable bonds is 5. The van der Waals surface area contributed by atoms with Crippen molar-refractivity contribution in [3.63, 3.8) is 0 Å². The molecule has 7 rings (SSSR count). The summed E-state index contributed by atoms with van der Waals surface area (Å²) < 4.78 is 68.9. The van der Waals surface area contributed by atoms with E-state index in [0.717, 1.165) is 63.9 Å². The van der Waals surface area contributed by atoms with Crippen molar-refractivity contribution in [2.24, 2.45) is 7.05 Å². The van der Waals surface area contributed by atoms with Gasteiger partial charge in [-0.3, -0.25) is 4.79 Å². The van der Waals surface area contributed by atoms with Gasteiger partial charge in [-0.15, -0.1) is 0 Å². The van der Waals surface area contributed by atoms with Gasteiger partial charge in [0.1, 0.15) is 17.2 Å². The highest BCUT2D eigenvalue weighted by Gasteiger charge is 2.34. The van der Waals surface area contributed by atoms with Crippen LogP contribution in [0.2, 0.25) is 0 Å². The zero-order valence-corrected chi connectivity index (χ0v) is 26.0. The van der Waals surface area contributed by atoms with Gasteiger partial charge >= 0.3 is 0 Å². The Morgan fingerprint density at radius 2 is 1.45 bits per heavy atom. The normalized spacial score (nSPS) is 16.9. The SMILES string of the molecule is CNc1c(F)c(F)c(C2=CC(c3ccccc3)=C3CCCC(/C=C4\CCCc5c(-c6ccccc6)cc(=O)n(C)c54)=C3O2)c(F)c1F. The van der Waals surface area contributed by atoms with Crippen molar-refractivity contribution in [1.82, 2.24) is 4.57 Å². The maximum atomic E-state index is 15.5.